The highest BCUT2D eigenvalue weighted by atomic mass is 15.3. The van der Waals surface area contributed by atoms with Crippen LogP contribution >= 0.6 is 0 Å². The van der Waals surface area contributed by atoms with Gasteiger partial charge in [0.05, 0.1) is 5.92 Å². The lowest BCUT2D eigenvalue weighted by atomic mass is 9.85. The average molecular weight is 222 g/mol. The first-order chi connectivity index (χ1) is 7.79. The van der Waals surface area contributed by atoms with Crippen molar-refractivity contribution in [3.05, 3.63) is 4.85 Å². The molecule has 0 aromatic heterocycles. The fourth-order valence-corrected chi connectivity index (χ4v) is 2.98. The van der Waals surface area contributed by atoms with Gasteiger partial charge in [-0.15, -0.1) is 0 Å². The first-order valence-corrected chi connectivity index (χ1v) is 6.56. The van der Waals surface area contributed by atoms with E-state index in [0.29, 0.717) is 5.92 Å². The van der Waals surface area contributed by atoms with E-state index in [1.54, 1.807) is 0 Å². The average Bonchev–Trinajstić information content (AvgIpc) is 2.31. The molecule has 1 aliphatic carbocycles. The zero-order valence-corrected chi connectivity index (χ0v) is 10.7. The summed E-state index contributed by atoms with van der Waals surface area (Å²) < 4.78 is 0. The summed E-state index contributed by atoms with van der Waals surface area (Å²) in [6, 6.07) is 4.04. The minimum Gasteiger partial charge on any atom is -0.304 e. The van der Waals surface area contributed by atoms with Crippen LogP contribution < -0.4 is 0 Å². The quantitative estimate of drug-likeness (QED) is 0.669. The van der Waals surface area contributed by atoms with E-state index in [-0.39, 0.29) is 0 Å². The molecule has 16 heavy (non-hydrogen) atoms. The van der Waals surface area contributed by atoms with E-state index in [4.69, 9.17) is 0 Å². The smallest absolute Gasteiger partial charge is 0.275 e. The third-order valence-corrected chi connectivity index (χ3v) is 4.01. The summed E-state index contributed by atoms with van der Waals surface area (Å²) in [4.78, 5) is 9.19. The first-order valence-electron chi connectivity index (χ1n) is 6.56. The van der Waals surface area contributed by atoms with Crippen molar-refractivity contribution in [2.24, 2.45) is 5.92 Å². The van der Waals surface area contributed by atoms with E-state index in [9.17, 15) is 0 Å². The van der Waals surface area contributed by atoms with E-state index < -0.39 is 0 Å². The molecule has 2 aliphatic rings. The maximum absolute atomic E-state index is 4.07. The standard InChI is InChI=1S/C13H24N3/c1-14-11-12-4-3-5-13(10-12)16-8-6-15(2)7-9-16/h12-13H,3-10H2,1-2H3/q+1. The third kappa shape index (κ3) is 2.96. The molecule has 1 saturated heterocycles. The van der Waals surface area contributed by atoms with Crippen molar-refractivity contribution in [1.29, 1.82) is 0 Å². The first kappa shape index (κ1) is 11.9. The maximum atomic E-state index is 4.07. The van der Waals surface area contributed by atoms with Gasteiger partial charge in [0, 0.05) is 32.2 Å². The Morgan fingerprint density at radius 3 is 2.56 bits per heavy atom. The van der Waals surface area contributed by atoms with Crippen molar-refractivity contribution in [2.45, 2.75) is 31.7 Å². The second-order valence-electron chi connectivity index (χ2n) is 5.21. The highest BCUT2D eigenvalue weighted by Crippen LogP contribution is 2.27. The number of hydrogen-bond acceptors (Lipinski definition) is 2. The Balaban J connectivity index is 1.86. The predicted molar refractivity (Wildman–Crippen MR) is 68.0 cm³/mol. The fourth-order valence-electron chi connectivity index (χ4n) is 2.98. The van der Waals surface area contributed by atoms with Crippen LogP contribution in [0, 0.1) is 12.0 Å². The minimum atomic E-state index is 0.614. The predicted octanol–water partition coefficient (Wildman–Crippen LogP) is 1.76. The molecule has 3 nitrogen and oxygen atoms in total. The lowest BCUT2D eigenvalue weighted by Crippen LogP contribution is -2.50. The van der Waals surface area contributed by atoms with Crippen LogP contribution in [-0.2, 0) is 0 Å². The number of likely N-dealkylation sites (N-methyl/N-ethyl adjacent to an activating group) is 1. The summed E-state index contributed by atoms with van der Waals surface area (Å²) >= 11 is 0. The number of hydrogen-bond donors (Lipinski definition) is 0. The van der Waals surface area contributed by atoms with E-state index in [1.807, 2.05) is 7.05 Å². The van der Waals surface area contributed by atoms with Gasteiger partial charge in [-0.1, -0.05) is 11.3 Å². The van der Waals surface area contributed by atoms with Gasteiger partial charge in [-0.05, 0) is 26.3 Å². The Bertz CT molecular complexity index is 271. The fraction of sp³-hybridized carbons (Fsp3) is 0.923. The largest absolute Gasteiger partial charge is 0.304 e. The van der Waals surface area contributed by atoms with Gasteiger partial charge in [-0.2, -0.15) is 0 Å². The number of piperazine rings is 1. The van der Waals surface area contributed by atoms with Crippen LogP contribution in [0.2, 0.25) is 0 Å². The topological polar surface area (TPSA) is 10.8 Å². The normalized spacial score (nSPS) is 33.1. The van der Waals surface area contributed by atoms with Gasteiger partial charge in [-0.3, -0.25) is 4.90 Å². The van der Waals surface area contributed by atoms with Gasteiger partial charge in [0.15, 0.2) is 0 Å². The van der Waals surface area contributed by atoms with Crippen molar-refractivity contribution >= 4 is 0 Å². The number of rotatable bonds is 1. The van der Waals surface area contributed by atoms with E-state index >= 15 is 0 Å². The molecule has 0 radical (unpaired) electrons. The van der Waals surface area contributed by atoms with E-state index in [1.165, 1.54) is 51.9 Å². The van der Waals surface area contributed by atoms with Gasteiger partial charge >= 0.3 is 0 Å². The van der Waals surface area contributed by atoms with Crippen molar-refractivity contribution in [2.75, 3.05) is 40.3 Å². The molecular weight excluding hydrogens is 198 g/mol. The zero-order valence-electron chi connectivity index (χ0n) is 10.7. The molecule has 0 aromatic carbocycles. The minimum absolute atomic E-state index is 0.614. The van der Waals surface area contributed by atoms with Crippen molar-refractivity contribution in [3.8, 4) is 6.07 Å². The molecule has 1 saturated carbocycles. The summed E-state index contributed by atoms with van der Waals surface area (Å²) in [5.41, 5.74) is 0. The molecule has 2 fully saturated rings. The van der Waals surface area contributed by atoms with Gasteiger partial charge < -0.3 is 4.90 Å². The molecule has 1 aliphatic heterocycles. The van der Waals surface area contributed by atoms with Crippen LogP contribution in [0.1, 0.15) is 25.7 Å². The van der Waals surface area contributed by atoms with Crippen LogP contribution in [0.25, 0.3) is 4.85 Å². The van der Waals surface area contributed by atoms with Crippen molar-refractivity contribution in [3.63, 3.8) is 0 Å². The van der Waals surface area contributed by atoms with Crippen molar-refractivity contribution in [1.82, 2.24) is 9.80 Å². The summed E-state index contributed by atoms with van der Waals surface area (Å²) in [6.45, 7) is 4.95. The monoisotopic (exact) mass is 222 g/mol. The van der Waals surface area contributed by atoms with Crippen LogP contribution in [0.15, 0.2) is 0 Å². The second kappa shape index (κ2) is 5.65. The van der Waals surface area contributed by atoms with Crippen LogP contribution in [0.3, 0.4) is 0 Å². The van der Waals surface area contributed by atoms with Gasteiger partial charge in [0.1, 0.15) is 0 Å². The molecule has 0 amide bonds. The molecule has 1 heterocycles. The summed E-state index contributed by atoms with van der Waals surface area (Å²) in [5.74, 6) is 0.614. The molecule has 2 rings (SSSR count). The van der Waals surface area contributed by atoms with Gasteiger partial charge in [0.2, 0.25) is 0 Å². The lowest BCUT2D eigenvalue weighted by Gasteiger charge is -2.40. The van der Waals surface area contributed by atoms with E-state index in [0.717, 1.165) is 6.04 Å². The van der Waals surface area contributed by atoms with Gasteiger partial charge in [0.25, 0.3) is 13.1 Å². The molecule has 0 aromatic rings. The summed E-state index contributed by atoms with van der Waals surface area (Å²) in [5, 5.41) is 0. The molecular formula is C13H24N3+. The Labute approximate surface area is 99.2 Å². The number of nitrogens with zero attached hydrogens (tertiary/aromatic N) is 3. The maximum Gasteiger partial charge on any atom is 0.275 e. The van der Waals surface area contributed by atoms with Crippen LogP contribution in [0.5, 0.6) is 0 Å². The molecule has 2 atom stereocenters. The highest BCUT2D eigenvalue weighted by Gasteiger charge is 2.29. The molecule has 0 spiro atoms. The van der Waals surface area contributed by atoms with E-state index in [2.05, 4.69) is 27.8 Å². The molecule has 90 valence electrons. The van der Waals surface area contributed by atoms with Crippen LogP contribution in [0.4, 0.5) is 0 Å². The zero-order chi connectivity index (χ0) is 11.4. The molecule has 2 unspecified atom stereocenters. The second-order valence-corrected chi connectivity index (χ2v) is 5.21. The molecule has 3 heteroatoms. The van der Waals surface area contributed by atoms with Crippen LogP contribution in [-0.4, -0.2) is 56.1 Å². The SMILES string of the molecule is C[N+]#CC1CCCC(N2CCN(C)CC2)C1. The summed E-state index contributed by atoms with van der Waals surface area (Å²) in [7, 11) is 4.07. The Morgan fingerprint density at radius 1 is 1.12 bits per heavy atom. The summed E-state index contributed by atoms with van der Waals surface area (Å²) in [6.07, 6.45) is 5.30. The Morgan fingerprint density at radius 2 is 1.88 bits per heavy atom. The van der Waals surface area contributed by atoms with Crippen molar-refractivity contribution < 1.29 is 0 Å². The molecule has 0 N–H and O–H groups in total. The third-order valence-electron chi connectivity index (χ3n) is 4.01. The lowest BCUT2D eigenvalue weighted by molar-refractivity contribution is 0.0841. The molecule has 0 bridgehead atoms. The highest BCUT2D eigenvalue weighted by molar-refractivity contribution is 4.97. The Hall–Kier alpha value is -0.590. The van der Waals surface area contributed by atoms with Gasteiger partial charge in [-0.25, -0.2) is 0 Å². The Kier molecular flexibility index (Phi) is 4.20.